The summed E-state index contributed by atoms with van der Waals surface area (Å²) >= 11 is 18.9. The number of nitro benzene ring substituents is 1. The number of halogens is 3. The summed E-state index contributed by atoms with van der Waals surface area (Å²) in [4.78, 5) is 40.7. The molecule has 270 valence electrons. The van der Waals surface area contributed by atoms with Crippen LogP contribution in [0.5, 0.6) is 5.75 Å². The van der Waals surface area contributed by atoms with Gasteiger partial charge in [0.1, 0.15) is 18.3 Å². The van der Waals surface area contributed by atoms with E-state index in [-0.39, 0.29) is 51.0 Å². The van der Waals surface area contributed by atoms with E-state index in [9.17, 15) is 28.1 Å². The second-order valence-corrected chi connectivity index (χ2v) is 15.3. The van der Waals surface area contributed by atoms with Gasteiger partial charge in [-0.25, -0.2) is 8.42 Å². The van der Waals surface area contributed by atoms with Gasteiger partial charge >= 0.3 is 0 Å². The van der Waals surface area contributed by atoms with Crippen molar-refractivity contribution in [3.05, 3.63) is 127 Å². The minimum absolute atomic E-state index is 0.0592. The molecule has 0 heterocycles. The summed E-state index contributed by atoms with van der Waals surface area (Å²) < 4.78 is 35.2. The number of sulfonamides is 1. The van der Waals surface area contributed by atoms with Crippen molar-refractivity contribution in [1.29, 1.82) is 0 Å². The third-order valence-electron chi connectivity index (χ3n) is 7.95. The maximum atomic E-state index is 14.7. The zero-order valence-corrected chi connectivity index (χ0v) is 31.4. The van der Waals surface area contributed by atoms with Gasteiger partial charge in [-0.2, -0.15) is 0 Å². The van der Waals surface area contributed by atoms with Crippen LogP contribution in [0.4, 0.5) is 11.4 Å². The van der Waals surface area contributed by atoms with Gasteiger partial charge in [-0.05, 0) is 60.4 Å². The van der Waals surface area contributed by atoms with Crippen molar-refractivity contribution >= 4 is 68.0 Å². The Labute approximate surface area is 312 Å². The fraction of sp³-hybridized carbons (Fsp3) is 0.278. The van der Waals surface area contributed by atoms with E-state index in [1.807, 2.05) is 44.2 Å². The molecule has 0 aliphatic heterocycles. The van der Waals surface area contributed by atoms with E-state index >= 15 is 0 Å². The maximum absolute atomic E-state index is 14.7. The standard InChI is InChI=1S/C36H37Cl3N4O7S/c1-23(2)20-40-36(45)33(17-25-8-6-5-7-9-25)41(21-26-11-14-29(38)30(39)16-26)35(44)22-42(32-18-27(37)12-15-34(32)50-4)51(48,49)28-13-10-24(3)31(19-28)43(46)47/h5-16,18-19,23,33H,17,20-22H2,1-4H3,(H,40,45). The molecule has 4 aromatic carbocycles. The SMILES string of the molecule is COc1ccc(Cl)cc1N(CC(=O)N(Cc1ccc(Cl)c(Cl)c1)C(Cc1ccccc1)C(=O)NCC(C)C)S(=O)(=O)c1ccc(C)c([N+](=O)[O-])c1. The Morgan fingerprint density at radius 1 is 0.922 bits per heavy atom. The third-order valence-corrected chi connectivity index (χ3v) is 10.7. The number of nitro groups is 1. The molecule has 0 fully saturated rings. The summed E-state index contributed by atoms with van der Waals surface area (Å²) in [5.41, 5.74) is 0.996. The predicted octanol–water partition coefficient (Wildman–Crippen LogP) is 7.48. The van der Waals surface area contributed by atoms with Gasteiger partial charge in [0, 0.05) is 36.2 Å². The van der Waals surface area contributed by atoms with Crippen LogP contribution in [0.15, 0.2) is 89.8 Å². The molecule has 0 bridgehead atoms. The summed E-state index contributed by atoms with van der Waals surface area (Å²) in [5.74, 6) is -1.07. The van der Waals surface area contributed by atoms with Crippen molar-refractivity contribution < 1.29 is 27.7 Å². The minimum atomic E-state index is -4.71. The van der Waals surface area contributed by atoms with Crippen LogP contribution in [0, 0.1) is 23.0 Å². The van der Waals surface area contributed by atoms with E-state index in [4.69, 9.17) is 39.5 Å². The zero-order chi connectivity index (χ0) is 37.5. The highest BCUT2D eigenvalue weighted by Gasteiger charge is 2.36. The van der Waals surface area contributed by atoms with Crippen LogP contribution in [0.3, 0.4) is 0 Å². The predicted molar refractivity (Wildman–Crippen MR) is 199 cm³/mol. The number of ether oxygens (including phenoxy) is 1. The lowest BCUT2D eigenvalue weighted by Crippen LogP contribution is -2.53. The van der Waals surface area contributed by atoms with Crippen molar-refractivity contribution in [3.63, 3.8) is 0 Å². The monoisotopic (exact) mass is 774 g/mol. The van der Waals surface area contributed by atoms with Crippen LogP contribution in [-0.2, 0) is 32.6 Å². The number of nitrogens with one attached hydrogen (secondary N) is 1. The average molecular weight is 776 g/mol. The highest BCUT2D eigenvalue weighted by molar-refractivity contribution is 7.92. The average Bonchev–Trinajstić information content (AvgIpc) is 3.09. The van der Waals surface area contributed by atoms with Gasteiger partial charge in [0.25, 0.3) is 15.7 Å². The Morgan fingerprint density at radius 3 is 2.25 bits per heavy atom. The van der Waals surface area contributed by atoms with Gasteiger partial charge in [0.15, 0.2) is 0 Å². The summed E-state index contributed by atoms with van der Waals surface area (Å²) in [6.07, 6.45) is 0.0925. The van der Waals surface area contributed by atoms with Crippen molar-refractivity contribution in [1.82, 2.24) is 10.2 Å². The number of anilines is 1. The number of hydrogen-bond acceptors (Lipinski definition) is 7. The molecule has 2 amide bonds. The van der Waals surface area contributed by atoms with Gasteiger partial charge in [-0.1, -0.05) is 91.1 Å². The fourth-order valence-corrected chi connectivity index (χ4v) is 7.18. The van der Waals surface area contributed by atoms with Gasteiger partial charge < -0.3 is 15.0 Å². The minimum Gasteiger partial charge on any atom is -0.495 e. The van der Waals surface area contributed by atoms with Crippen LogP contribution < -0.4 is 14.4 Å². The molecule has 0 saturated carbocycles. The molecule has 51 heavy (non-hydrogen) atoms. The highest BCUT2D eigenvalue weighted by Crippen LogP contribution is 2.36. The number of rotatable bonds is 15. The van der Waals surface area contributed by atoms with E-state index in [2.05, 4.69) is 5.32 Å². The summed E-state index contributed by atoms with van der Waals surface area (Å²) in [7, 11) is -3.39. The Kier molecular flexibility index (Phi) is 13.3. The number of carbonyl (C=O) groups excluding carboxylic acids is 2. The number of methoxy groups -OCH3 is 1. The van der Waals surface area contributed by atoms with Crippen LogP contribution in [0.2, 0.25) is 15.1 Å². The van der Waals surface area contributed by atoms with Crippen molar-refractivity contribution in [2.24, 2.45) is 5.92 Å². The summed E-state index contributed by atoms with van der Waals surface area (Å²) in [6.45, 7) is 4.67. The zero-order valence-electron chi connectivity index (χ0n) is 28.3. The van der Waals surface area contributed by atoms with E-state index in [0.717, 1.165) is 15.9 Å². The van der Waals surface area contributed by atoms with Crippen molar-refractivity contribution in [3.8, 4) is 5.75 Å². The fourth-order valence-electron chi connectivity index (χ4n) is 5.26. The van der Waals surface area contributed by atoms with Crippen molar-refractivity contribution in [2.75, 3.05) is 24.5 Å². The van der Waals surface area contributed by atoms with Crippen LogP contribution in [0.25, 0.3) is 0 Å². The summed E-state index contributed by atoms with van der Waals surface area (Å²) in [6, 6.07) is 20.5. The largest absolute Gasteiger partial charge is 0.495 e. The number of aryl methyl sites for hydroxylation is 1. The lowest BCUT2D eigenvalue weighted by Gasteiger charge is -2.34. The molecule has 0 spiro atoms. The van der Waals surface area contributed by atoms with Gasteiger partial charge in [-0.3, -0.25) is 24.0 Å². The molecule has 1 unspecified atom stereocenters. The molecule has 11 nitrogen and oxygen atoms in total. The molecule has 4 aromatic rings. The van der Waals surface area contributed by atoms with Crippen LogP contribution >= 0.6 is 34.8 Å². The molecule has 0 radical (unpaired) electrons. The Hall–Kier alpha value is -4.36. The molecule has 4 rings (SSSR count). The number of carbonyl (C=O) groups is 2. The topological polar surface area (TPSA) is 139 Å². The Balaban J connectivity index is 1.90. The molecule has 0 aliphatic carbocycles. The molecule has 1 N–H and O–H groups in total. The number of nitrogens with zero attached hydrogens (tertiary/aromatic N) is 3. The van der Waals surface area contributed by atoms with Crippen LogP contribution in [0.1, 0.15) is 30.5 Å². The second kappa shape index (κ2) is 17.2. The highest BCUT2D eigenvalue weighted by atomic mass is 35.5. The first-order valence-electron chi connectivity index (χ1n) is 15.8. The van der Waals surface area contributed by atoms with Crippen molar-refractivity contribution in [2.45, 2.75) is 44.7 Å². The maximum Gasteiger partial charge on any atom is 0.273 e. The van der Waals surface area contributed by atoms with Gasteiger partial charge in [-0.15, -0.1) is 0 Å². The first-order chi connectivity index (χ1) is 24.1. The molecule has 15 heteroatoms. The Morgan fingerprint density at radius 2 is 1.63 bits per heavy atom. The lowest BCUT2D eigenvalue weighted by molar-refractivity contribution is -0.385. The molecule has 0 saturated heterocycles. The smallest absolute Gasteiger partial charge is 0.273 e. The van der Waals surface area contributed by atoms with Crippen LogP contribution in [-0.4, -0.2) is 56.3 Å². The number of hydrogen-bond donors (Lipinski definition) is 1. The van der Waals surface area contributed by atoms with Gasteiger partial charge in [0.05, 0.1) is 32.7 Å². The lowest BCUT2D eigenvalue weighted by atomic mass is 10.0. The molecular weight excluding hydrogens is 739 g/mol. The first kappa shape index (κ1) is 39.4. The summed E-state index contributed by atoms with van der Waals surface area (Å²) in [5, 5.41) is 15.4. The van der Waals surface area contributed by atoms with Gasteiger partial charge in [0.2, 0.25) is 11.8 Å². The molecule has 1 atom stereocenters. The first-order valence-corrected chi connectivity index (χ1v) is 18.4. The Bertz CT molecular complexity index is 2010. The second-order valence-electron chi connectivity index (χ2n) is 12.1. The number of amides is 2. The number of benzene rings is 4. The third kappa shape index (κ3) is 9.91. The normalized spacial score (nSPS) is 11.9. The van der Waals surface area contributed by atoms with E-state index in [1.165, 1.54) is 49.3 Å². The molecule has 0 aromatic heterocycles. The van der Waals surface area contributed by atoms with E-state index in [0.29, 0.717) is 12.1 Å². The molecular formula is C36H37Cl3N4O7S. The van der Waals surface area contributed by atoms with E-state index < -0.39 is 49.9 Å². The molecule has 0 aliphatic rings. The quantitative estimate of drug-likeness (QED) is 0.0976. The van der Waals surface area contributed by atoms with E-state index in [1.54, 1.807) is 18.2 Å².